The fourth-order valence-corrected chi connectivity index (χ4v) is 0. The molecular weight excluding hydrogens is 215 g/mol. The smallest absolute Gasteiger partial charge is 1.00 e. The predicted molar refractivity (Wildman–Crippen MR) is 18.2 cm³/mol. The van der Waals surface area contributed by atoms with Crippen LogP contribution in [-0.4, -0.2) is 19.4 Å². The third-order valence-corrected chi connectivity index (χ3v) is 0. The van der Waals surface area contributed by atoms with E-state index in [1.54, 1.807) is 0 Å². The SMILES string of the molecule is O=C[O-].O=C[O-].O=C[O-].[Cl-].[Ti+4]. The Hall–Kier alpha value is -0.586. The summed E-state index contributed by atoms with van der Waals surface area (Å²) in [4.78, 5) is 24.8. The summed E-state index contributed by atoms with van der Waals surface area (Å²) in [6.07, 6.45) is 0. The van der Waals surface area contributed by atoms with Crippen molar-refractivity contribution < 1.29 is 63.8 Å². The van der Waals surface area contributed by atoms with Crippen molar-refractivity contribution in [2.24, 2.45) is 0 Å². The van der Waals surface area contributed by atoms with E-state index in [4.69, 9.17) is 29.7 Å². The van der Waals surface area contributed by atoms with Gasteiger partial charge in [-0.2, -0.15) is 0 Å². The molecule has 0 N–H and O–H groups in total. The van der Waals surface area contributed by atoms with Gasteiger partial charge in [0.2, 0.25) is 0 Å². The molecular formula is C3H3ClO6Ti. The first-order chi connectivity index (χ1) is 4.24. The molecule has 6 nitrogen and oxygen atoms in total. The summed E-state index contributed by atoms with van der Waals surface area (Å²) >= 11 is 0. The van der Waals surface area contributed by atoms with E-state index in [9.17, 15) is 0 Å². The van der Waals surface area contributed by atoms with E-state index >= 15 is 0 Å². The van der Waals surface area contributed by atoms with Crippen molar-refractivity contribution in [1.82, 2.24) is 0 Å². The number of carboxylic acid groups (broad SMARTS) is 3. The van der Waals surface area contributed by atoms with E-state index in [1.165, 1.54) is 0 Å². The van der Waals surface area contributed by atoms with Crippen LogP contribution in [0.5, 0.6) is 0 Å². The molecule has 0 fully saturated rings. The van der Waals surface area contributed by atoms with E-state index in [0.717, 1.165) is 0 Å². The molecule has 0 heterocycles. The van der Waals surface area contributed by atoms with Crippen molar-refractivity contribution in [3.05, 3.63) is 0 Å². The maximum atomic E-state index is 8.25. The number of carbonyl (C=O) groups is 3. The van der Waals surface area contributed by atoms with Gasteiger partial charge in [0.15, 0.2) is 0 Å². The molecule has 0 atom stereocenters. The molecule has 0 saturated heterocycles. The zero-order chi connectivity index (χ0) is 8.12. The summed E-state index contributed by atoms with van der Waals surface area (Å²) in [5, 5.41) is 24.8. The Morgan fingerprint density at radius 3 is 0.727 bits per heavy atom. The average Bonchev–Trinajstić information content (AvgIpc) is 1.70. The van der Waals surface area contributed by atoms with E-state index in [1.807, 2.05) is 0 Å². The number of hydrogen-bond acceptors (Lipinski definition) is 6. The molecule has 0 unspecified atom stereocenters. The summed E-state index contributed by atoms with van der Waals surface area (Å²) in [7, 11) is 0. The van der Waals surface area contributed by atoms with Crippen LogP contribution in [0, 0.1) is 0 Å². The Morgan fingerprint density at radius 1 is 0.727 bits per heavy atom. The fraction of sp³-hybridized carbons (Fsp3) is 0. The van der Waals surface area contributed by atoms with Crippen LogP contribution in [-0.2, 0) is 36.1 Å². The Balaban J connectivity index is -0.0000000150. The standard InChI is InChI=1S/3CH2O2.ClH.Ti/c3*2-1-3;;/h3*1H,(H,2,3);1H;/q;;;;+4/p-4. The first kappa shape index (κ1) is 31.5. The van der Waals surface area contributed by atoms with Crippen molar-refractivity contribution in [1.29, 1.82) is 0 Å². The Morgan fingerprint density at radius 2 is 0.727 bits per heavy atom. The number of rotatable bonds is 0. The Bertz CT molecular complexity index is 54.6. The van der Waals surface area contributed by atoms with Crippen LogP contribution in [0.3, 0.4) is 0 Å². The fourth-order valence-electron chi connectivity index (χ4n) is 0. The third-order valence-electron chi connectivity index (χ3n) is 0. The van der Waals surface area contributed by atoms with Crippen molar-refractivity contribution >= 4 is 19.4 Å². The molecule has 0 aromatic carbocycles. The monoisotopic (exact) mass is 218 g/mol. The van der Waals surface area contributed by atoms with Gasteiger partial charge in [0.25, 0.3) is 0 Å². The molecule has 0 spiro atoms. The van der Waals surface area contributed by atoms with Gasteiger partial charge in [-0.25, -0.2) is 0 Å². The van der Waals surface area contributed by atoms with Gasteiger partial charge in [-0.05, 0) is 0 Å². The minimum atomic E-state index is -0.500. The first-order valence-electron chi connectivity index (χ1n) is 1.41. The van der Waals surface area contributed by atoms with Gasteiger partial charge in [-0.15, -0.1) is 0 Å². The molecule has 0 aromatic rings. The van der Waals surface area contributed by atoms with Crippen LogP contribution in [0.1, 0.15) is 0 Å². The second kappa shape index (κ2) is 114. The molecule has 0 aliphatic rings. The number of hydrogen-bond donors (Lipinski definition) is 0. The van der Waals surface area contributed by atoms with Gasteiger partial charge in [-0.1, -0.05) is 0 Å². The van der Waals surface area contributed by atoms with E-state index in [-0.39, 0.29) is 34.1 Å². The summed E-state index contributed by atoms with van der Waals surface area (Å²) in [5.41, 5.74) is 0. The molecule has 0 aromatic heterocycles. The first-order valence-corrected chi connectivity index (χ1v) is 1.41. The van der Waals surface area contributed by atoms with Crippen molar-refractivity contribution in [2.45, 2.75) is 0 Å². The summed E-state index contributed by atoms with van der Waals surface area (Å²) in [6, 6.07) is 0. The van der Waals surface area contributed by atoms with Gasteiger partial charge >= 0.3 is 21.7 Å². The third kappa shape index (κ3) is 1510. The number of carbonyl (C=O) groups excluding carboxylic acids is 3. The normalized spacial score (nSPS) is 3.27. The Labute approximate surface area is 83.5 Å². The molecule has 0 rings (SSSR count). The second-order valence-electron chi connectivity index (χ2n) is 0.289. The van der Waals surface area contributed by atoms with Crippen LogP contribution >= 0.6 is 0 Å². The van der Waals surface area contributed by atoms with Crippen LogP contribution in [0.4, 0.5) is 0 Å². The minimum absolute atomic E-state index is 0. The second-order valence-corrected chi connectivity index (χ2v) is 0.289. The maximum absolute atomic E-state index is 8.25. The van der Waals surface area contributed by atoms with Gasteiger partial charge < -0.3 is 42.1 Å². The molecule has 62 valence electrons. The largest absolute Gasteiger partial charge is 4.00 e. The zero-order valence-corrected chi connectivity index (χ0v) is 7.38. The summed E-state index contributed by atoms with van der Waals surface area (Å²) in [6.45, 7) is -1.50. The van der Waals surface area contributed by atoms with Gasteiger partial charge in [0.1, 0.15) is 0 Å². The summed E-state index contributed by atoms with van der Waals surface area (Å²) < 4.78 is 0. The van der Waals surface area contributed by atoms with Gasteiger partial charge in [-0.3, -0.25) is 0 Å². The zero-order valence-electron chi connectivity index (χ0n) is 5.06. The maximum Gasteiger partial charge on any atom is 4.00 e. The average molecular weight is 218 g/mol. The minimum Gasteiger partial charge on any atom is -1.00 e. The molecule has 0 amide bonds. The molecule has 0 aliphatic carbocycles. The molecule has 8 heteroatoms. The predicted octanol–water partition coefficient (Wildman–Crippen LogP) is -7.90. The van der Waals surface area contributed by atoms with Crippen molar-refractivity contribution in [3.8, 4) is 0 Å². The van der Waals surface area contributed by atoms with Crippen LogP contribution in [0.25, 0.3) is 0 Å². The quantitative estimate of drug-likeness (QED) is 0.294. The van der Waals surface area contributed by atoms with E-state index in [0.29, 0.717) is 0 Å². The van der Waals surface area contributed by atoms with Crippen molar-refractivity contribution in [3.63, 3.8) is 0 Å². The van der Waals surface area contributed by atoms with Gasteiger partial charge in [0.05, 0.1) is 0 Å². The van der Waals surface area contributed by atoms with E-state index in [2.05, 4.69) is 0 Å². The molecule has 11 heavy (non-hydrogen) atoms. The number of halogens is 1. The Kier molecular flexibility index (Phi) is 327. The van der Waals surface area contributed by atoms with Crippen LogP contribution in [0.2, 0.25) is 0 Å². The van der Waals surface area contributed by atoms with Crippen molar-refractivity contribution in [2.75, 3.05) is 0 Å². The van der Waals surface area contributed by atoms with E-state index < -0.39 is 19.4 Å². The van der Waals surface area contributed by atoms with Crippen LogP contribution in [0.15, 0.2) is 0 Å². The topological polar surface area (TPSA) is 120 Å². The summed E-state index contributed by atoms with van der Waals surface area (Å²) in [5.74, 6) is 0. The molecule has 0 radical (unpaired) electrons. The van der Waals surface area contributed by atoms with Crippen LogP contribution < -0.4 is 27.7 Å². The molecule has 0 bridgehead atoms. The molecule has 0 aliphatic heterocycles. The van der Waals surface area contributed by atoms with Gasteiger partial charge in [0, 0.05) is 19.4 Å². The molecule has 0 saturated carbocycles.